The van der Waals surface area contributed by atoms with E-state index in [4.69, 9.17) is 11.6 Å². The van der Waals surface area contributed by atoms with Crippen LogP contribution in [-0.4, -0.2) is 22.8 Å². The summed E-state index contributed by atoms with van der Waals surface area (Å²) < 4.78 is 0. The van der Waals surface area contributed by atoms with Crippen LogP contribution in [-0.2, 0) is 4.79 Å². The van der Waals surface area contributed by atoms with Crippen molar-refractivity contribution in [3.05, 3.63) is 24.0 Å². The van der Waals surface area contributed by atoms with Crippen LogP contribution in [0.25, 0.3) is 0 Å². The first-order chi connectivity index (χ1) is 7.54. The number of pyridine rings is 1. The summed E-state index contributed by atoms with van der Waals surface area (Å²) in [6.07, 6.45) is 1.43. The van der Waals surface area contributed by atoms with Gasteiger partial charge in [0.1, 0.15) is 11.7 Å². The molecule has 1 unspecified atom stereocenters. The Morgan fingerprint density at radius 1 is 1.50 bits per heavy atom. The zero-order valence-corrected chi connectivity index (χ0v) is 8.73. The summed E-state index contributed by atoms with van der Waals surface area (Å²) in [6, 6.07) is 2.32. The summed E-state index contributed by atoms with van der Waals surface area (Å²) in [6.45, 7) is 1.49. The maximum Gasteiger partial charge on any atom is 0.270 e. The van der Waals surface area contributed by atoms with Gasteiger partial charge in [0.25, 0.3) is 5.91 Å². The number of carbonyl (C=O) groups excluding carboxylic acids is 2. The van der Waals surface area contributed by atoms with Gasteiger partial charge >= 0.3 is 0 Å². The zero-order valence-electron chi connectivity index (χ0n) is 8.73. The summed E-state index contributed by atoms with van der Waals surface area (Å²) in [7, 11) is 0. The average Bonchev–Trinajstić information content (AvgIpc) is 2.28. The Balaban J connectivity index is 2.76. The number of hydrogen-bond donors (Lipinski definition) is 4. The standard InChI is InChI=1S/C9H13N5O2/c1-5(8(10)15)13-9(16)7-4-6(14-11)2-3-12-7/h2-5H,11H2,1H3,(H2,10,15)(H,12,14)(H,13,16). The van der Waals surface area contributed by atoms with Gasteiger partial charge in [0.15, 0.2) is 0 Å². The van der Waals surface area contributed by atoms with Crippen LogP contribution in [0.2, 0.25) is 0 Å². The third-order valence-electron chi connectivity index (χ3n) is 1.93. The van der Waals surface area contributed by atoms with E-state index in [2.05, 4.69) is 15.7 Å². The van der Waals surface area contributed by atoms with Crippen LogP contribution in [0.15, 0.2) is 18.3 Å². The Hall–Kier alpha value is -2.15. The summed E-state index contributed by atoms with van der Waals surface area (Å²) >= 11 is 0. The van der Waals surface area contributed by atoms with Gasteiger partial charge < -0.3 is 16.5 Å². The lowest BCUT2D eigenvalue weighted by Gasteiger charge is -2.09. The highest BCUT2D eigenvalue weighted by Gasteiger charge is 2.14. The molecule has 0 aliphatic rings. The smallest absolute Gasteiger partial charge is 0.270 e. The topological polar surface area (TPSA) is 123 Å². The molecule has 0 fully saturated rings. The summed E-state index contributed by atoms with van der Waals surface area (Å²) in [4.78, 5) is 26.2. The van der Waals surface area contributed by atoms with Gasteiger partial charge in [-0.25, -0.2) is 0 Å². The molecule has 0 aromatic carbocycles. The number of amides is 2. The fraction of sp³-hybridized carbons (Fsp3) is 0.222. The molecule has 7 nitrogen and oxygen atoms in total. The highest BCUT2D eigenvalue weighted by molar-refractivity contribution is 5.96. The molecule has 7 heteroatoms. The number of nitrogens with one attached hydrogen (secondary N) is 2. The van der Waals surface area contributed by atoms with Crippen molar-refractivity contribution < 1.29 is 9.59 Å². The van der Waals surface area contributed by atoms with Gasteiger partial charge in [0, 0.05) is 6.20 Å². The molecule has 0 aliphatic heterocycles. The van der Waals surface area contributed by atoms with Gasteiger partial charge in [-0.2, -0.15) is 0 Å². The molecule has 16 heavy (non-hydrogen) atoms. The largest absolute Gasteiger partial charge is 0.368 e. The van der Waals surface area contributed by atoms with Crippen molar-refractivity contribution in [3.8, 4) is 0 Å². The van der Waals surface area contributed by atoms with Gasteiger partial charge in [-0.3, -0.25) is 20.4 Å². The SMILES string of the molecule is CC(NC(=O)c1cc(NN)ccn1)C(N)=O. The molecule has 1 rings (SSSR count). The van der Waals surface area contributed by atoms with Crippen molar-refractivity contribution in [3.63, 3.8) is 0 Å². The van der Waals surface area contributed by atoms with E-state index >= 15 is 0 Å². The van der Waals surface area contributed by atoms with E-state index in [-0.39, 0.29) is 5.69 Å². The molecule has 0 spiro atoms. The van der Waals surface area contributed by atoms with Crippen molar-refractivity contribution >= 4 is 17.5 Å². The highest BCUT2D eigenvalue weighted by atomic mass is 16.2. The van der Waals surface area contributed by atoms with Crippen LogP contribution in [0.3, 0.4) is 0 Å². The van der Waals surface area contributed by atoms with Gasteiger partial charge in [0.05, 0.1) is 5.69 Å². The molecular formula is C9H13N5O2. The van der Waals surface area contributed by atoms with Gasteiger partial charge in [-0.1, -0.05) is 0 Å². The van der Waals surface area contributed by atoms with Crippen molar-refractivity contribution in [2.45, 2.75) is 13.0 Å². The second-order valence-electron chi connectivity index (χ2n) is 3.17. The number of nitrogens with two attached hydrogens (primary N) is 2. The Morgan fingerprint density at radius 3 is 2.75 bits per heavy atom. The van der Waals surface area contributed by atoms with Crippen LogP contribution in [0.4, 0.5) is 5.69 Å². The molecule has 86 valence electrons. The molecule has 6 N–H and O–H groups in total. The maximum absolute atomic E-state index is 11.6. The number of carbonyl (C=O) groups is 2. The molecule has 0 bridgehead atoms. The first-order valence-corrected chi connectivity index (χ1v) is 4.57. The van der Waals surface area contributed by atoms with Gasteiger partial charge in [0.2, 0.25) is 5.91 Å². The molecule has 1 atom stereocenters. The van der Waals surface area contributed by atoms with E-state index in [1.807, 2.05) is 0 Å². The molecule has 0 radical (unpaired) electrons. The summed E-state index contributed by atoms with van der Waals surface area (Å²) in [5, 5.41) is 2.40. The Labute approximate surface area is 92.2 Å². The lowest BCUT2D eigenvalue weighted by atomic mass is 10.2. The van der Waals surface area contributed by atoms with Crippen LogP contribution >= 0.6 is 0 Å². The van der Waals surface area contributed by atoms with Crippen LogP contribution in [0, 0.1) is 0 Å². The predicted molar refractivity (Wildman–Crippen MR) is 58.2 cm³/mol. The quantitative estimate of drug-likeness (QED) is 0.384. The maximum atomic E-state index is 11.6. The molecule has 2 amide bonds. The number of nitrogen functional groups attached to an aromatic ring is 1. The first-order valence-electron chi connectivity index (χ1n) is 4.57. The number of hydrogen-bond acceptors (Lipinski definition) is 5. The number of anilines is 1. The minimum absolute atomic E-state index is 0.156. The lowest BCUT2D eigenvalue weighted by molar-refractivity contribution is -0.119. The van der Waals surface area contributed by atoms with Crippen molar-refractivity contribution in [2.75, 3.05) is 5.43 Å². The Bertz CT molecular complexity index is 407. The summed E-state index contributed by atoms with van der Waals surface area (Å²) in [5.74, 6) is 4.09. The molecule has 1 heterocycles. The lowest BCUT2D eigenvalue weighted by Crippen LogP contribution is -2.42. The number of primary amides is 1. The van der Waals surface area contributed by atoms with E-state index in [0.717, 1.165) is 0 Å². The van der Waals surface area contributed by atoms with Gasteiger partial charge in [-0.15, -0.1) is 0 Å². The van der Waals surface area contributed by atoms with Gasteiger partial charge in [-0.05, 0) is 19.1 Å². The second kappa shape index (κ2) is 5.08. The van der Waals surface area contributed by atoms with E-state index < -0.39 is 17.9 Å². The van der Waals surface area contributed by atoms with Crippen LogP contribution < -0.4 is 22.3 Å². The zero-order chi connectivity index (χ0) is 12.1. The van der Waals surface area contributed by atoms with Crippen molar-refractivity contribution in [2.24, 2.45) is 11.6 Å². The fourth-order valence-electron chi connectivity index (χ4n) is 0.986. The van der Waals surface area contributed by atoms with Crippen molar-refractivity contribution in [1.82, 2.24) is 10.3 Å². The third-order valence-corrected chi connectivity index (χ3v) is 1.93. The molecule has 1 aromatic heterocycles. The van der Waals surface area contributed by atoms with Crippen molar-refractivity contribution in [1.29, 1.82) is 0 Å². The number of nitrogens with zero attached hydrogens (tertiary/aromatic N) is 1. The average molecular weight is 223 g/mol. The Kier molecular flexibility index (Phi) is 3.78. The number of rotatable bonds is 4. The van der Waals surface area contributed by atoms with Crippen LogP contribution in [0.5, 0.6) is 0 Å². The number of hydrazine groups is 1. The van der Waals surface area contributed by atoms with Crippen LogP contribution in [0.1, 0.15) is 17.4 Å². The molecule has 0 saturated carbocycles. The third kappa shape index (κ3) is 2.92. The monoisotopic (exact) mass is 223 g/mol. The van der Waals surface area contributed by atoms with E-state index in [1.54, 1.807) is 6.07 Å². The predicted octanol–water partition coefficient (Wildman–Crippen LogP) is -1.03. The first kappa shape index (κ1) is 11.9. The highest BCUT2D eigenvalue weighted by Crippen LogP contribution is 2.05. The van der Waals surface area contributed by atoms with E-state index in [1.165, 1.54) is 19.2 Å². The van der Waals surface area contributed by atoms with E-state index in [9.17, 15) is 9.59 Å². The summed E-state index contributed by atoms with van der Waals surface area (Å²) in [5.41, 5.74) is 8.10. The second-order valence-corrected chi connectivity index (χ2v) is 3.17. The fourth-order valence-corrected chi connectivity index (χ4v) is 0.986. The minimum Gasteiger partial charge on any atom is -0.368 e. The van der Waals surface area contributed by atoms with E-state index in [0.29, 0.717) is 5.69 Å². The molecular weight excluding hydrogens is 210 g/mol. The molecule has 1 aromatic rings. The minimum atomic E-state index is -0.746. The molecule has 0 aliphatic carbocycles. The normalized spacial score (nSPS) is 11.6. The molecule has 0 saturated heterocycles. The number of aromatic nitrogens is 1. The Morgan fingerprint density at radius 2 is 2.19 bits per heavy atom.